The van der Waals surface area contributed by atoms with Crippen molar-refractivity contribution in [2.24, 2.45) is 11.8 Å². The van der Waals surface area contributed by atoms with E-state index in [1.807, 2.05) is 25.7 Å². The van der Waals surface area contributed by atoms with Crippen molar-refractivity contribution in [1.82, 2.24) is 9.80 Å². The Balaban J connectivity index is 1.70. The van der Waals surface area contributed by atoms with Crippen molar-refractivity contribution in [1.29, 1.82) is 0 Å². The minimum absolute atomic E-state index is 0.0801. The van der Waals surface area contributed by atoms with Gasteiger partial charge in [0.15, 0.2) is 0 Å². The maximum atomic E-state index is 12.0. The first-order valence-corrected chi connectivity index (χ1v) is 8.50. The van der Waals surface area contributed by atoms with Gasteiger partial charge in [-0.1, -0.05) is 0 Å². The molecule has 0 radical (unpaired) electrons. The van der Waals surface area contributed by atoms with Gasteiger partial charge in [-0.15, -0.1) is 12.3 Å². The number of carbonyl (C=O) groups is 2. The van der Waals surface area contributed by atoms with Gasteiger partial charge in [0, 0.05) is 38.5 Å². The molecule has 2 amide bonds. The van der Waals surface area contributed by atoms with Crippen LogP contribution in [0.15, 0.2) is 0 Å². The van der Waals surface area contributed by atoms with E-state index >= 15 is 0 Å². The summed E-state index contributed by atoms with van der Waals surface area (Å²) in [5, 5.41) is 0. The first kappa shape index (κ1) is 17.7. The lowest BCUT2D eigenvalue weighted by atomic mass is 9.93. The number of amides is 2. The normalized spacial score (nSPS) is 23.0. The Labute approximate surface area is 139 Å². The third-order valence-electron chi connectivity index (χ3n) is 4.52. The average molecular weight is 320 g/mol. The van der Waals surface area contributed by atoms with E-state index in [4.69, 9.17) is 11.2 Å². The van der Waals surface area contributed by atoms with Gasteiger partial charge < -0.3 is 14.5 Å². The van der Waals surface area contributed by atoms with E-state index in [-0.39, 0.29) is 17.9 Å². The van der Waals surface area contributed by atoms with Gasteiger partial charge in [0.2, 0.25) is 5.91 Å². The highest BCUT2D eigenvalue weighted by atomic mass is 16.6. The summed E-state index contributed by atoms with van der Waals surface area (Å²) in [5.74, 6) is 3.50. The Kier molecular flexibility index (Phi) is 5.56. The van der Waals surface area contributed by atoms with Crippen molar-refractivity contribution in [3.8, 4) is 12.3 Å². The monoisotopic (exact) mass is 320 g/mol. The third kappa shape index (κ3) is 5.16. The molecule has 0 aromatic carbocycles. The number of piperidine rings is 1. The van der Waals surface area contributed by atoms with E-state index < -0.39 is 5.60 Å². The molecule has 0 bridgehead atoms. The summed E-state index contributed by atoms with van der Waals surface area (Å²) in [4.78, 5) is 27.6. The summed E-state index contributed by atoms with van der Waals surface area (Å²) in [6.45, 7) is 8.61. The quantitative estimate of drug-likeness (QED) is 0.751. The molecule has 5 nitrogen and oxygen atoms in total. The Hall–Kier alpha value is -1.70. The molecule has 0 aromatic rings. The maximum Gasteiger partial charge on any atom is 0.410 e. The number of hydrogen-bond acceptors (Lipinski definition) is 3. The van der Waals surface area contributed by atoms with Gasteiger partial charge in [0.1, 0.15) is 5.60 Å². The standard InChI is InChI=1S/C18H28N2O3/c1-5-14-12-16(21)20(13-14)11-8-15-6-9-19(10-7-15)17(22)23-18(2,3)4/h1,14-15H,6-13H2,2-4H3. The minimum Gasteiger partial charge on any atom is -0.444 e. The van der Waals surface area contributed by atoms with Crippen molar-refractivity contribution >= 4 is 12.0 Å². The zero-order chi connectivity index (χ0) is 17.0. The van der Waals surface area contributed by atoms with Crippen molar-refractivity contribution in [3.63, 3.8) is 0 Å². The summed E-state index contributed by atoms with van der Waals surface area (Å²) in [6.07, 6.45) is 8.62. The topological polar surface area (TPSA) is 49.9 Å². The number of rotatable bonds is 3. The highest BCUT2D eigenvalue weighted by Crippen LogP contribution is 2.24. The predicted octanol–water partition coefficient (Wildman–Crippen LogP) is 2.51. The molecule has 2 aliphatic rings. The van der Waals surface area contributed by atoms with Gasteiger partial charge in [-0.3, -0.25) is 4.79 Å². The summed E-state index contributed by atoms with van der Waals surface area (Å²) >= 11 is 0. The van der Waals surface area contributed by atoms with E-state index in [2.05, 4.69) is 5.92 Å². The summed E-state index contributed by atoms with van der Waals surface area (Å²) in [6, 6.07) is 0. The molecule has 0 aliphatic carbocycles. The molecule has 0 N–H and O–H groups in total. The molecule has 2 heterocycles. The van der Waals surface area contributed by atoms with Gasteiger partial charge >= 0.3 is 6.09 Å². The van der Waals surface area contributed by atoms with Crippen LogP contribution in [0.1, 0.15) is 46.5 Å². The molecule has 2 aliphatic heterocycles. The van der Waals surface area contributed by atoms with E-state index in [0.717, 1.165) is 38.9 Å². The molecule has 0 aromatic heterocycles. The highest BCUT2D eigenvalue weighted by molar-refractivity contribution is 5.79. The highest BCUT2D eigenvalue weighted by Gasteiger charge is 2.30. The number of terminal acetylenes is 1. The van der Waals surface area contributed by atoms with Crippen LogP contribution in [0.5, 0.6) is 0 Å². The second-order valence-corrected chi connectivity index (χ2v) is 7.61. The lowest BCUT2D eigenvalue weighted by molar-refractivity contribution is -0.127. The maximum absolute atomic E-state index is 12.0. The van der Waals surface area contributed by atoms with E-state index in [1.54, 1.807) is 4.90 Å². The van der Waals surface area contributed by atoms with Crippen molar-refractivity contribution in [2.45, 2.75) is 52.1 Å². The van der Waals surface area contributed by atoms with Gasteiger partial charge in [0.25, 0.3) is 0 Å². The largest absolute Gasteiger partial charge is 0.444 e. The van der Waals surface area contributed by atoms with Gasteiger partial charge in [-0.2, -0.15) is 0 Å². The van der Waals surface area contributed by atoms with Crippen molar-refractivity contribution in [2.75, 3.05) is 26.2 Å². The molecule has 2 fully saturated rings. The molecular formula is C18H28N2O3. The van der Waals surface area contributed by atoms with Crippen LogP contribution < -0.4 is 0 Å². The fourth-order valence-electron chi connectivity index (χ4n) is 3.17. The van der Waals surface area contributed by atoms with Crippen molar-refractivity contribution in [3.05, 3.63) is 0 Å². The Morgan fingerprint density at radius 1 is 1.35 bits per heavy atom. The van der Waals surface area contributed by atoms with Crippen LogP contribution in [0, 0.1) is 24.2 Å². The molecule has 128 valence electrons. The van der Waals surface area contributed by atoms with E-state index in [1.165, 1.54) is 0 Å². The molecule has 1 unspecified atom stereocenters. The zero-order valence-corrected chi connectivity index (χ0v) is 14.5. The second kappa shape index (κ2) is 7.25. The fourth-order valence-corrected chi connectivity index (χ4v) is 3.17. The van der Waals surface area contributed by atoms with Gasteiger partial charge in [-0.25, -0.2) is 4.79 Å². The number of carbonyl (C=O) groups excluding carboxylic acids is 2. The molecular weight excluding hydrogens is 292 g/mol. The lowest BCUT2D eigenvalue weighted by Crippen LogP contribution is -2.42. The molecule has 23 heavy (non-hydrogen) atoms. The fraction of sp³-hybridized carbons (Fsp3) is 0.778. The van der Waals surface area contributed by atoms with Gasteiger partial charge in [-0.05, 0) is 46.0 Å². The SMILES string of the molecule is C#CC1CC(=O)N(CCC2CCN(C(=O)OC(C)(C)C)CC2)C1. The van der Waals surface area contributed by atoms with Gasteiger partial charge in [0.05, 0.1) is 0 Å². The molecule has 2 saturated heterocycles. The molecule has 5 heteroatoms. The van der Waals surface area contributed by atoms with Crippen LogP contribution in [0.25, 0.3) is 0 Å². The first-order chi connectivity index (χ1) is 10.8. The molecule has 0 saturated carbocycles. The number of likely N-dealkylation sites (tertiary alicyclic amines) is 2. The second-order valence-electron chi connectivity index (χ2n) is 7.61. The summed E-state index contributed by atoms with van der Waals surface area (Å²) < 4.78 is 5.41. The predicted molar refractivity (Wildman–Crippen MR) is 88.7 cm³/mol. The van der Waals surface area contributed by atoms with Crippen LogP contribution in [-0.2, 0) is 9.53 Å². The molecule has 1 atom stereocenters. The van der Waals surface area contributed by atoms with Crippen LogP contribution in [0.4, 0.5) is 4.79 Å². The zero-order valence-electron chi connectivity index (χ0n) is 14.5. The van der Waals surface area contributed by atoms with Crippen molar-refractivity contribution < 1.29 is 14.3 Å². The van der Waals surface area contributed by atoms with E-state index in [9.17, 15) is 9.59 Å². The number of nitrogens with zero attached hydrogens (tertiary/aromatic N) is 2. The van der Waals surface area contributed by atoms with Crippen LogP contribution >= 0.6 is 0 Å². The minimum atomic E-state index is -0.447. The Bertz CT molecular complexity index is 481. The summed E-state index contributed by atoms with van der Waals surface area (Å²) in [7, 11) is 0. The smallest absolute Gasteiger partial charge is 0.410 e. The summed E-state index contributed by atoms with van der Waals surface area (Å²) in [5.41, 5.74) is -0.447. The number of hydrogen-bond donors (Lipinski definition) is 0. The molecule has 2 rings (SSSR count). The van der Waals surface area contributed by atoms with Crippen LogP contribution in [0.2, 0.25) is 0 Å². The van der Waals surface area contributed by atoms with Crippen LogP contribution in [0.3, 0.4) is 0 Å². The third-order valence-corrected chi connectivity index (χ3v) is 4.52. The lowest BCUT2D eigenvalue weighted by Gasteiger charge is -2.34. The Morgan fingerprint density at radius 2 is 2.00 bits per heavy atom. The van der Waals surface area contributed by atoms with Crippen LogP contribution in [-0.4, -0.2) is 53.6 Å². The Morgan fingerprint density at radius 3 is 2.52 bits per heavy atom. The average Bonchev–Trinajstić information content (AvgIpc) is 2.84. The first-order valence-electron chi connectivity index (χ1n) is 8.50. The molecule has 0 spiro atoms. The van der Waals surface area contributed by atoms with E-state index in [0.29, 0.717) is 18.9 Å². The number of ether oxygens (including phenoxy) is 1.